The van der Waals surface area contributed by atoms with E-state index in [2.05, 4.69) is 25.8 Å². The molecule has 0 saturated heterocycles. The molecule has 1 heterocycles. The summed E-state index contributed by atoms with van der Waals surface area (Å²) in [6.07, 6.45) is 1.58. The highest BCUT2D eigenvalue weighted by atomic mass is 16.2. The molecule has 1 amide bonds. The first-order valence-corrected chi connectivity index (χ1v) is 5.27. The normalized spacial score (nSPS) is 11.2. The van der Waals surface area contributed by atoms with Crippen LogP contribution in [0.2, 0.25) is 0 Å². The fraction of sp³-hybridized carbons (Fsp3) is 0.500. The van der Waals surface area contributed by atoms with E-state index in [1.165, 1.54) is 0 Å². The van der Waals surface area contributed by atoms with Crippen LogP contribution in [0.15, 0.2) is 18.3 Å². The zero-order valence-corrected chi connectivity index (χ0v) is 10.3. The molecule has 88 valence electrons. The van der Waals surface area contributed by atoms with E-state index in [0.29, 0.717) is 17.9 Å². The van der Waals surface area contributed by atoms with Gasteiger partial charge >= 0.3 is 0 Å². The van der Waals surface area contributed by atoms with Crippen molar-refractivity contribution in [2.75, 3.05) is 19.3 Å². The van der Waals surface area contributed by atoms with E-state index in [4.69, 9.17) is 5.73 Å². The van der Waals surface area contributed by atoms with E-state index >= 15 is 0 Å². The van der Waals surface area contributed by atoms with Crippen molar-refractivity contribution in [3.05, 3.63) is 24.0 Å². The van der Waals surface area contributed by atoms with Crippen molar-refractivity contribution >= 4 is 11.6 Å². The molecular weight excluding hydrogens is 202 g/mol. The maximum atomic E-state index is 12.0. The fourth-order valence-corrected chi connectivity index (χ4v) is 1.56. The van der Waals surface area contributed by atoms with Crippen LogP contribution in [-0.4, -0.2) is 29.4 Å². The third-order valence-electron chi connectivity index (χ3n) is 2.10. The van der Waals surface area contributed by atoms with Crippen LogP contribution in [-0.2, 0) is 0 Å². The maximum absolute atomic E-state index is 12.0. The number of pyridine rings is 1. The summed E-state index contributed by atoms with van der Waals surface area (Å²) in [4.78, 5) is 17.7. The third-order valence-corrected chi connectivity index (χ3v) is 2.10. The van der Waals surface area contributed by atoms with Crippen molar-refractivity contribution in [3.63, 3.8) is 0 Å². The van der Waals surface area contributed by atoms with Gasteiger partial charge in [-0.15, -0.1) is 0 Å². The van der Waals surface area contributed by atoms with Crippen LogP contribution in [0.3, 0.4) is 0 Å². The molecule has 0 saturated carbocycles. The van der Waals surface area contributed by atoms with Gasteiger partial charge in [0, 0.05) is 19.8 Å². The van der Waals surface area contributed by atoms with Crippen molar-refractivity contribution in [1.82, 2.24) is 9.88 Å². The second-order valence-corrected chi connectivity index (χ2v) is 5.16. The number of aromatic nitrogens is 1. The number of nitrogens with two attached hydrogens (primary N) is 1. The Hall–Kier alpha value is -1.58. The highest BCUT2D eigenvalue weighted by molar-refractivity contribution is 5.96. The molecule has 0 aliphatic rings. The van der Waals surface area contributed by atoms with Gasteiger partial charge in [-0.2, -0.15) is 0 Å². The minimum Gasteiger partial charge on any atom is -0.397 e. The van der Waals surface area contributed by atoms with Gasteiger partial charge in [-0.3, -0.25) is 4.79 Å². The Morgan fingerprint density at radius 2 is 2.12 bits per heavy atom. The Morgan fingerprint density at radius 3 is 2.62 bits per heavy atom. The van der Waals surface area contributed by atoms with Crippen LogP contribution >= 0.6 is 0 Å². The summed E-state index contributed by atoms with van der Waals surface area (Å²) in [6, 6.07) is 3.40. The highest BCUT2D eigenvalue weighted by Crippen LogP contribution is 2.17. The Bertz CT molecular complexity index is 382. The SMILES string of the molecule is CN(CC(C)(C)C)C(=O)c1ncccc1N. The van der Waals surface area contributed by atoms with E-state index in [0.717, 1.165) is 0 Å². The van der Waals surface area contributed by atoms with E-state index in [1.54, 1.807) is 30.3 Å². The molecule has 0 radical (unpaired) electrons. The average molecular weight is 221 g/mol. The summed E-state index contributed by atoms with van der Waals surface area (Å²) < 4.78 is 0. The number of rotatable bonds is 2. The average Bonchev–Trinajstić information content (AvgIpc) is 2.15. The number of nitrogen functional groups attached to an aromatic ring is 1. The lowest BCUT2D eigenvalue weighted by molar-refractivity contribution is 0.0741. The molecule has 16 heavy (non-hydrogen) atoms. The van der Waals surface area contributed by atoms with Gasteiger partial charge in [0.1, 0.15) is 0 Å². The van der Waals surface area contributed by atoms with Crippen molar-refractivity contribution in [2.45, 2.75) is 20.8 Å². The maximum Gasteiger partial charge on any atom is 0.274 e. The molecule has 1 rings (SSSR count). The van der Waals surface area contributed by atoms with Gasteiger partial charge in [-0.1, -0.05) is 20.8 Å². The summed E-state index contributed by atoms with van der Waals surface area (Å²) in [6.45, 7) is 6.91. The first-order valence-electron chi connectivity index (χ1n) is 5.27. The van der Waals surface area contributed by atoms with E-state index in [1.807, 2.05) is 0 Å². The minimum absolute atomic E-state index is 0.0634. The molecule has 0 fully saturated rings. The summed E-state index contributed by atoms with van der Waals surface area (Å²) in [5, 5.41) is 0. The number of amides is 1. The number of nitrogens with zero attached hydrogens (tertiary/aromatic N) is 2. The van der Waals surface area contributed by atoms with E-state index in [-0.39, 0.29) is 11.3 Å². The molecule has 0 bridgehead atoms. The van der Waals surface area contributed by atoms with Gasteiger partial charge in [0.2, 0.25) is 0 Å². The number of carbonyl (C=O) groups is 1. The molecule has 4 heteroatoms. The predicted octanol–water partition coefficient (Wildman–Crippen LogP) is 1.78. The van der Waals surface area contributed by atoms with Crippen molar-refractivity contribution in [2.24, 2.45) is 5.41 Å². The largest absolute Gasteiger partial charge is 0.397 e. The molecule has 0 spiro atoms. The highest BCUT2D eigenvalue weighted by Gasteiger charge is 2.20. The molecule has 0 unspecified atom stereocenters. The van der Waals surface area contributed by atoms with Crippen LogP contribution in [0.4, 0.5) is 5.69 Å². The fourth-order valence-electron chi connectivity index (χ4n) is 1.56. The van der Waals surface area contributed by atoms with Crippen LogP contribution in [0, 0.1) is 5.41 Å². The quantitative estimate of drug-likeness (QED) is 0.828. The van der Waals surface area contributed by atoms with Crippen LogP contribution in [0.25, 0.3) is 0 Å². The zero-order valence-electron chi connectivity index (χ0n) is 10.3. The van der Waals surface area contributed by atoms with Gasteiger partial charge in [0.25, 0.3) is 5.91 Å². The molecule has 4 nitrogen and oxygen atoms in total. The van der Waals surface area contributed by atoms with Gasteiger partial charge in [-0.05, 0) is 17.5 Å². The van der Waals surface area contributed by atoms with Gasteiger partial charge in [0.05, 0.1) is 5.69 Å². The van der Waals surface area contributed by atoms with E-state index < -0.39 is 0 Å². The Labute approximate surface area is 96.5 Å². The Morgan fingerprint density at radius 1 is 1.50 bits per heavy atom. The molecule has 1 aromatic heterocycles. The molecule has 0 aromatic carbocycles. The third kappa shape index (κ3) is 3.22. The van der Waals surface area contributed by atoms with E-state index in [9.17, 15) is 4.79 Å². The number of anilines is 1. The Kier molecular flexibility index (Phi) is 3.52. The first-order chi connectivity index (χ1) is 7.31. The molecule has 0 atom stereocenters. The molecular formula is C12H19N3O. The van der Waals surface area contributed by atoms with Crippen LogP contribution in [0.1, 0.15) is 31.3 Å². The Balaban J connectivity index is 2.83. The lowest BCUT2D eigenvalue weighted by atomic mass is 9.96. The summed E-state index contributed by atoms with van der Waals surface area (Å²) in [5.74, 6) is -0.131. The molecule has 0 aliphatic carbocycles. The zero-order chi connectivity index (χ0) is 12.3. The van der Waals surface area contributed by atoms with Gasteiger partial charge in [-0.25, -0.2) is 4.98 Å². The first kappa shape index (κ1) is 12.5. The lowest BCUT2D eigenvalue weighted by Gasteiger charge is -2.26. The molecule has 0 aliphatic heterocycles. The number of hydrogen-bond acceptors (Lipinski definition) is 3. The van der Waals surface area contributed by atoms with Crippen LogP contribution < -0.4 is 5.73 Å². The topological polar surface area (TPSA) is 59.2 Å². The van der Waals surface area contributed by atoms with Crippen LogP contribution in [0.5, 0.6) is 0 Å². The summed E-state index contributed by atoms with van der Waals surface area (Å²) in [5.41, 5.74) is 6.53. The molecule has 1 aromatic rings. The minimum atomic E-state index is -0.131. The summed E-state index contributed by atoms with van der Waals surface area (Å²) >= 11 is 0. The van der Waals surface area contributed by atoms with Gasteiger partial charge < -0.3 is 10.6 Å². The predicted molar refractivity (Wildman–Crippen MR) is 65.1 cm³/mol. The number of carbonyl (C=O) groups excluding carboxylic acids is 1. The number of hydrogen-bond donors (Lipinski definition) is 1. The smallest absolute Gasteiger partial charge is 0.274 e. The lowest BCUT2D eigenvalue weighted by Crippen LogP contribution is -2.35. The molecule has 2 N–H and O–H groups in total. The summed E-state index contributed by atoms with van der Waals surface area (Å²) in [7, 11) is 1.77. The van der Waals surface area contributed by atoms with Crippen molar-refractivity contribution in [1.29, 1.82) is 0 Å². The van der Waals surface area contributed by atoms with Crippen molar-refractivity contribution in [3.8, 4) is 0 Å². The van der Waals surface area contributed by atoms with Crippen molar-refractivity contribution < 1.29 is 4.79 Å². The second kappa shape index (κ2) is 4.51. The standard InChI is InChI=1S/C12H19N3O/c1-12(2,3)8-15(4)11(16)10-9(13)6-5-7-14-10/h5-7H,8,13H2,1-4H3. The monoisotopic (exact) mass is 221 g/mol. The second-order valence-electron chi connectivity index (χ2n) is 5.16. The van der Waals surface area contributed by atoms with Gasteiger partial charge in [0.15, 0.2) is 5.69 Å².